The second kappa shape index (κ2) is 5.26. The number of benzene rings is 1. The normalized spacial score (nSPS) is 26.1. The Bertz CT molecular complexity index is 515. The summed E-state index contributed by atoms with van der Waals surface area (Å²) in [6.45, 7) is 0.508. The van der Waals surface area contributed by atoms with Crippen molar-refractivity contribution in [2.45, 2.75) is 18.7 Å². The molecule has 2 atom stereocenters. The molecule has 0 amide bonds. The van der Waals surface area contributed by atoms with E-state index in [2.05, 4.69) is 5.32 Å². The molecule has 0 bridgehead atoms. The number of nitrogens with one attached hydrogen (secondary N) is 1. The van der Waals surface area contributed by atoms with Crippen molar-refractivity contribution in [1.82, 2.24) is 5.32 Å². The first kappa shape index (κ1) is 13.3. The van der Waals surface area contributed by atoms with Gasteiger partial charge in [0.1, 0.15) is 5.75 Å². The maximum Gasteiger partial charge on any atom is 0.154 e. The average molecular weight is 271 g/mol. The van der Waals surface area contributed by atoms with Gasteiger partial charge in [-0.2, -0.15) is 0 Å². The predicted molar refractivity (Wildman–Crippen MR) is 68.3 cm³/mol. The summed E-state index contributed by atoms with van der Waals surface area (Å²) in [5.41, 5.74) is 0.992. The standard InChI is InChI=1S/C12H17NO4S/c1-17-10-4-2-3-9(5-10)6-13-11-7-18(15,16)8-12(11)14/h2-5,11-14H,6-8H2,1H3/t11-,12-/m0/s1. The van der Waals surface area contributed by atoms with E-state index in [0.29, 0.717) is 6.54 Å². The molecular formula is C12H17NO4S. The predicted octanol–water partition coefficient (Wildman–Crippen LogP) is -0.0573. The SMILES string of the molecule is COc1cccc(CN[C@H]2CS(=O)(=O)C[C@@H]2O)c1. The van der Waals surface area contributed by atoms with Crippen molar-refractivity contribution in [3.8, 4) is 5.75 Å². The fraction of sp³-hybridized carbons (Fsp3) is 0.500. The van der Waals surface area contributed by atoms with Crippen LogP contribution in [-0.4, -0.2) is 44.3 Å². The van der Waals surface area contributed by atoms with Crippen LogP contribution >= 0.6 is 0 Å². The summed E-state index contributed by atoms with van der Waals surface area (Å²) in [7, 11) is -1.50. The molecular weight excluding hydrogens is 254 g/mol. The molecule has 0 aromatic heterocycles. The molecule has 1 aliphatic heterocycles. The lowest BCUT2D eigenvalue weighted by molar-refractivity contribution is 0.165. The van der Waals surface area contributed by atoms with Crippen LogP contribution < -0.4 is 10.1 Å². The van der Waals surface area contributed by atoms with Crippen molar-refractivity contribution in [1.29, 1.82) is 0 Å². The molecule has 1 aromatic rings. The molecule has 0 radical (unpaired) electrons. The summed E-state index contributed by atoms with van der Waals surface area (Å²) in [5.74, 6) is 0.606. The van der Waals surface area contributed by atoms with Gasteiger partial charge in [0.2, 0.25) is 0 Å². The van der Waals surface area contributed by atoms with E-state index in [1.807, 2.05) is 24.3 Å². The van der Waals surface area contributed by atoms with Crippen LogP contribution in [-0.2, 0) is 16.4 Å². The lowest BCUT2D eigenvalue weighted by Gasteiger charge is -2.15. The first-order valence-corrected chi connectivity index (χ1v) is 7.57. The zero-order chi connectivity index (χ0) is 13.2. The summed E-state index contributed by atoms with van der Waals surface area (Å²) >= 11 is 0. The Morgan fingerprint density at radius 1 is 1.44 bits per heavy atom. The second-order valence-corrected chi connectivity index (χ2v) is 6.64. The lowest BCUT2D eigenvalue weighted by Crippen LogP contribution is -2.38. The van der Waals surface area contributed by atoms with Crippen LogP contribution in [0.1, 0.15) is 5.56 Å². The van der Waals surface area contributed by atoms with Crippen LogP contribution in [0.4, 0.5) is 0 Å². The Hall–Kier alpha value is -1.11. The molecule has 2 rings (SSSR count). The van der Waals surface area contributed by atoms with Crippen molar-refractivity contribution in [2.24, 2.45) is 0 Å². The third-order valence-electron chi connectivity index (χ3n) is 3.03. The Morgan fingerprint density at radius 2 is 2.22 bits per heavy atom. The number of ether oxygens (including phenoxy) is 1. The second-order valence-electron chi connectivity index (χ2n) is 4.48. The number of hydrogen-bond donors (Lipinski definition) is 2. The molecule has 1 aromatic carbocycles. The van der Waals surface area contributed by atoms with E-state index < -0.39 is 15.9 Å². The first-order valence-electron chi connectivity index (χ1n) is 5.75. The zero-order valence-electron chi connectivity index (χ0n) is 10.2. The number of sulfone groups is 1. The van der Waals surface area contributed by atoms with Gasteiger partial charge in [0, 0.05) is 12.6 Å². The molecule has 0 saturated carbocycles. The molecule has 1 fully saturated rings. The summed E-state index contributed by atoms with van der Waals surface area (Å²) in [6.07, 6.45) is -0.819. The number of methoxy groups -OCH3 is 1. The van der Waals surface area contributed by atoms with Gasteiger partial charge in [-0.25, -0.2) is 8.42 Å². The lowest BCUT2D eigenvalue weighted by atomic mass is 10.1. The van der Waals surface area contributed by atoms with Gasteiger partial charge in [-0.1, -0.05) is 12.1 Å². The molecule has 1 saturated heterocycles. The van der Waals surface area contributed by atoms with Crippen LogP contribution in [0.2, 0.25) is 0 Å². The fourth-order valence-corrected chi connectivity index (χ4v) is 3.83. The van der Waals surface area contributed by atoms with E-state index in [9.17, 15) is 13.5 Å². The minimum absolute atomic E-state index is 0.00185. The molecule has 2 N–H and O–H groups in total. The van der Waals surface area contributed by atoms with Crippen molar-refractivity contribution in [3.63, 3.8) is 0 Å². The third-order valence-corrected chi connectivity index (χ3v) is 4.74. The quantitative estimate of drug-likeness (QED) is 0.802. The minimum atomic E-state index is -3.10. The van der Waals surface area contributed by atoms with Gasteiger partial charge < -0.3 is 15.2 Å². The van der Waals surface area contributed by atoms with Crippen molar-refractivity contribution in [3.05, 3.63) is 29.8 Å². The number of rotatable bonds is 4. The molecule has 1 aliphatic rings. The van der Waals surface area contributed by atoms with Crippen molar-refractivity contribution < 1.29 is 18.3 Å². The Morgan fingerprint density at radius 3 is 2.83 bits per heavy atom. The highest BCUT2D eigenvalue weighted by Gasteiger charge is 2.35. The highest BCUT2D eigenvalue weighted by molar-refractivity contribution is 7.91. The van der Waals surface area contributed by atoms with Crippen LogP contribution in [0.5, 0.6) is 5.75 Å². The Kier molecular flexibility index (Phi) is 3.89. The van der Waals surface area contributed by atoms with E-state index in [0.717, 1.165) is 11.3 Å². The highest BCUT2D eigenvalue weighted by Crippen LogP contribution is 2.15. The van der Waals surface area contributed by atoms with Gasteiger partial charge in [-0.15, -0.1) is 0 Å². The van der Waals surface area contributed by atoms with Crippen LogP contribution in [0.25, 0.3) is 0 Å². The number of aliphatic hydroxyl groups is 1. The molecule has 1 heterocycles. The number of hydrogen-bond acceptors (Lipinski definition) is 5. The largest absolute Gasteiger partial charge is 0.497 e. The molecule has 6 heteroatoms. The summed E-state index contributed by atoms with van der Waals surface area (Å²) in [4.78, 5) is 0. The highest BCUT2D eigenvalue weighted by atomic mass is 32.2. The van der Waals surface area contributed by atoms with Gasteiger partial charge >= 0.3 is 0 Å². The van der Waals surface area contributed by atoms with Crippen molar-refractivity contribution >= 4 is 9.84 Å². The van der Waals surface area contributed by atoms with Gasteiger partial charge in [0.15, 0.2) is 9.84 Å². The minimum Gasteiger partial charge on any atom is -0.497 e. The summed E-state index contributed by atoms with van der Waals surface area (Å²) < 4.78 is 27.8. The monoisotopic (exact) mass is 271 g/mol. The topological polar surface area (TPSA) is 75.6 Å². The molecule has 18 heavy (non-hydrogen) atoms. The Labute approximate surface area is 107 Å². The molecule has 0 unspecified atom stereocenters. The van der Waals surface area contributed by atoms with Gasteiger partial charge in [-0.3, -0.25) is 0 Å². The van der Waals surface area contributed by atoms with E-state index in [1.54, 1.807) is 7.11 Å². The van der Waals surface area contributed by atoms with E-state index >= 15 is 0 Å². The Balaban J connectivity index is 1.95. The average Bonchev–Trinajstić information content (AvgIpc) is 2.60. The summed E-state index contributed by atoms with van der Waals surface area (Å²) in [6, 6.07) is 7.13. The van der Waals surface area contributed by atoms with E-state index in [1.165, 1.54) is 0 Å². The maximum atomic E-state index is 11.3. The van der Waals surface area contributed by atoms with Crippen LogP contribution in [0, 0.1) is 0 Å². The summed E-state index contributed by atoms with van der Waals surface area (Å²) in [5, 5.41) is 12.7. The van der Waals surface area contributed by atoms with E-state index in [4.69, 9.17) is 4.74 Å². The molecule has 0 aliphatic carbocycles. The van der Waals surface area contributed by atoms with Crippen LogP contribution in [0.15, 0.2) is 24.3 Å². The first-order chi connectivity index (χ1) is 8.50. The smallest absolute Gasteiger partial charge is 0.154 e. The van der Waals surface area contributed by atoms with Gasteiger partial charge in [0.05, 0.1) is 24.7 Å². The van der Waals surface area contributed by atoms with Crippen LogP contribution in [0.3, 0.4) is 0 Å². The molecule has 5 nitrogen and oxygen atoms in total. The molecule has 100 valence electrons. The fourth-order valence-electron chi connectivity index (χ4n) is 2.06. The third kappa shape index (κ3) is 3.22. The number of aliphatic hydroxyl groups excluding tert-OH is 1. The molecule has 0 spiro atoms. The van der Waals surface area contributed by atoms with Crippen molar-refractivity contribution in [2.75, 3.05) is 18.6 Å². The van der Waals surface area contributed by atoms with E-state index in [-0.39, 0.29) is 17.5 Å². The van der Waals surface area contributed by atoms with Gasteiger partial charge in [0.25, 0.3) is 0 Å². The van der Waals surface area contributed by atoms with Gasteiger partial charge in [-0.05, 0) is 17.7 Å². The zero-order valence-corrected chi connectivity index (χ0v) is 11.0. The maximum absolute atomic E-state index is 11.3.